The number of aryl methyl sites for hydroxylation is 2. The van der Waals surface area contributed by atoms with Crippen LogP contribution < -0.4 is 10.5 Å². The van der Waals surface area contributed by atoms with Gasteiger partial charge in [-0.05, 0) is 47.5 Å². The summed E-state index contributed by atoms with van der Waals surface area (Å²) in [7, 11) is 0. The second-order valence-electron chi connectivity index (χ2n) is 4.45. The van der Waals surface area contributed by atoms with Gasteiger partial charge in [0.05, 0.1) is 15.9 Å². The maximum Gasteiger partial charge on any atom is 0.131 e. The minimum Gasteiger partial charge on any atom is -0.487 e. The molecule has 1 heterocycles. The van der Waals surface area contributed by atoms with Crippen molar-refractivity contribution in [3.8, 4) is 5.75 Å². The maximum atomic E-state index is 13.4. The lowest BCUT2D eigenvalue weighted by Crippen LogP contribution is -2.07. The first-order valence-corrected chi connectivity index (χ1v) is 7.18. The number of ether oxygens (including phenoxy) is 1. The van der Waals surface area contributed by atoms with Gasteiger partial charge in [-0.3, -0.25) is 4.68 Å². The SMILES string of the molecule is CCn1nc(C)c(Br)c1COc1cc(F)cc(CN)c1. The number of nitrogens with two attached hydrogens (primary N) is 1. The molecular weight excluding hydrogens is 325 g/mol. The van der Waals surface area contributed by atoms with E-state index in [1.54, 1.807) is 6.07 Å². The molecule has 108 valence electrons. The Balaban J connectivity index is 2.18. The molecule has 1 aromatic carbocycles. The number of hydrogen-bond acceptors (Lipinski definition) is 3. The molecule has 0 radical (unpaired) electrons. The van der Waals surface area contributed by atoms with Crippen molar-refractivity contribution in [1.82, 2.24) is 9.78 Å². The van der Waals surface area contributed by atoms with Gasteiger partial charge in [0.2, 0.25) is 0 Å². The Labute approximate surface area is 125 Å². The fourth-order valence-corrected chi connectivity index (χ4v) is 2.38. The van der Waals surface area contributed by atoms with E-state index < -0.39 is 0 Å². The topological polar surface area (TPSA) is 53.1 Å². The standard InChI is InChI=1S/C14H17BrFN3O/c1-3-19-13(14(15)9(2)18-19)8-20-12-5-10(7-17)4-11(16)6-12/h4-6H,3,7-8,17H2,1-2H3. The summed E-state index contributed by atoms with van der Waals surface area (Å²) in [4.78, 5) is 0. The lowest BCUT2D eigenvalue weighted by atomic mass is 10.2. The van der Waals surface area contributed by atoms with Gasteiger partial charge in [0.1, 0.15) is 18.2 Å². The zero-order valence-electron chi connectivity index (χ0n) is 11.5. The number of aromatic nitrogens is 2. The van der Waals surface area contributed by atoms with E-state index in [1.807, 2.05) is 18.5 Å². The van der Waals surface area contributed by atoms with Crippen molar-refractivity contribution in [1.29, 1.82) is 0 Å². The molecule has 0 bridgehead atoms. The summed E-state index contributed by atoms with van der Waals surface area (Å²) in [6.07, 6.45) is 0. The monoisotopic (exact) mass is 341 g/mol. The molecule has 4 nitrogen and oxygen atoms in total. The van der Waals surface area contributed by atoms with E-state index in [0.717, 1.165) is 22.4 Å². The van der Waals surface area contributed by atoms with Gasteiger partial charge in [0, 0.05) is 19.2 Å². The predicted octanol–water partition coefficient (Wildman–Crippen LogP) is 3.15. The molecular formula is C14H17BrFN3O. The first-order chi connectivity index (χ1) is 9.55. The summed E-state index contributed by atoms with van der Waals surface area (Å²) in [5, 5.41) is 4.39. The molecule has 0 unspecified atom stereocenters. The number of benzene rings is 1. The maximum absolute atomic E-state index is 13.4. The van der Waals surface area contributed by atoms with Crippen LogP contribution in [0.25, 0.3) is 0 Å². The largest absolute Gasteiger partial charge is 0.487 e. The summed E-state index contributed by atoms with van der Waals surface area (Å²) >= 11 is 3.50. The third-order valence-corrected chi connectivity index (χ3v) is 4.03. The fourth-order valence-electron chi connectivity index (χ4n) is 1.98. The molecule has 6 heteroatoms. The molecule has 0 aliphatic carbocycles. The first-order valence-electron chi connectivity index (χ1n) is 6.39. The highest BCUT2D eigenvalue weighted by atomic mass is 79.9. The Hall–Kier alpha value is -1.40. The van der Waals surface area contributed by atoms with E-state index in [2.05, 4.69) is 21.0 Å². The predicted molar refractivity (Wildman–Crippen MR) is 79.0 cm³/mol. The van der Waals surface area contributed by atoms with Gasteiger partial charge in [-0.25, -0.2) is 4.39 Å². The van der Waals surface area contributed by atoms with Gasteiger partial charge in [-0.1, -0.05) is 0 Å². The molecule has 0 aliphatic rings. The Bertz CT molecular complexity index is 613. The number of hydrogen-bond donors (Lipinski definition) is 1. The van der Waals surface area contributed by atoms with Crippen molar-refractivity contribution < 1.29 is 9.13 Å². The number of rotatable bonds is 5. The third-order valence-electron chi connectivity index (χ3n) is 3.00. The molecule has 2 aromatic rings. The summed E-state index contributed by atoms with van der Waals surface area (Å²) in [6.45, 7) is 5.29. The zero-order chi connectivity index (χ0) is 14.7. The molecule has 1 aromatic heterocycles. The fraction of sp³-hybridized carbons (Fsp3) is 0.357. The van der Waals surface area contributed by atoms with Crippen molar-refractivity contribution in [2.24, 2.45) is 5.73 Å². The highest BCUT2D eigenvalue weighted by Gasteiger charge is 2.13. The molecule has 0 amide bonds. The first kappa shape index (κ1) is 15.0. The zero-order valence-corrected chi connectivity index (χ0v) is 13.1. The van der Waals surface area contributed by atoms with Crippen LogP contribution >= 0.6 is 15.9 Å². The smallest absolute Gasteiger partial charge is 0.131 e. The van der Waals surface area contributed by atoms with Crippen LogP contribution in [0.3, 0.4) is 0 Å². The highest BCUT2D eigenvalue weighted by Crippen LogP contribution is 2.23. The van der Waals surface area contributed by atoms with E-state index >= 15 is 0 Å². The molecule has 0 aliphatic heterocycles. The van der Waals surface area contributed by atoms with Crippen molar-refractivity contribution in [3.63, 3.8) is 0 Å². The summed E-state index contributed by atoms with van der Waals surface area (Å²) in [6, 6.07) is 4.51. The van der Waals surface area contributed by atoms with Crippen molar-refractivity contribution in [3.05, 3.63) is 45.4 Å². The van der Waals surface area contributed by atoms with Crippen LogP contribution in [-0.4, -0.2) is 9.78 Å². The minimum absolute atomic E-state index is 0.282. The van der Waals surface area contributed by atoms with Gasteiger partial charge in [0.25, 0.3) is 0 Å². The normalized spacial score (nSPS) is 10.8. The second-order valence-corrected chi connectivity index (χ2v) is 5.24. The summed E-state index contributed by atoms with van der Waals surface area (Å²) in [5.74, 6) is 0.126. The van der Waals surface area contributed by atoms with Crippen molar-refractivity contribution >= 4 is 15.9 Å². The van der Waals surface area contributed by atoms with E-state index in [0.29, 0.717) is 17.9 Å². The summed E-state index contributed by atoms with van der Waals surface area (Å²) in [5.41, 5.74) is 8.08. The van der Waals surface area contributed by atoms with Crippen LogP contribution in [0.5, 0.6) is 5.75 Å². The van der Waals surface area contributed by atoms with Gasteiger partial charge < -0.3 is 10.5 Å². The van der Waals surface area contributed by atoms with Crippen LogP contribution in [-0.2, 0) is 19.7 Å². The molecule has 0 saturated carbocycles. The Morgan fingerprint density at radius 1 is 1.40 bits per heavy atom. The van der Waals surface area contributed by atoms with Crippen molar-refractivity contribution in [2.45, 2.75) is 33.5 Å². The number of halogens is 2. The Kier molecular flexibility index (Phi) is 4.77. The molecule has 0 fully saturated rings. The second kappa shape index (κ2) is 6.37. The Morgan fingerprint density at radius 2 is 2.15 bits per heavy atom. The molecule has 2 N–H and O–H groups in total. The average molecular weight is 342 g/mol. The van der Waals surface area contributed by atoms with E-state index in [1.165, 1.54) is 12.1 Å². The van der Waals surface area contributed by atoms with E-state index in [9.17, 15) is 4.39 Å². The number of nitrogens with zero attached hydrogens (tertiary/aromatic N) is 2. The van der Waals surface area contributed by atoms with E-state index in [4.69, 9.17) is 10.5 Å². The highest BCUT2D eigenvalue weighted by molar-refractivity contribution is 9.10. The lowest BCUT2D eigenvalue weighted by molar-refractivity contribution is 0.290. The quantitative estimate of drug-likeness (QED) is 0.908. The van der Waals surface area contributed by atoms with Gasteiger partial charge in [-0.2, -0.15) is 5.10 Å². The third kappa shape index (κ3) is 3.19. The van der Waals surface area contributed by atoms with Crippen LogP contribution in [0, 0.1) is 12.7 Å². The van der Waals surface area contributed by atoms with Crippen LogP contribution in [0.2, 0.25) is 0 Å². The van der Waals surface area contributed by atoms with Gasteiger partial charge >= 0.3 is 0 Å². The molecule has 0 saturated heterocycles. The summed E-state index contributed by atoms with van der Waals surface area (Å²) < 4.78 is 21.9. The van der Waals surface area contributed by atoms with Crippen LogP contribution in [0.15, 0.2) is 22.7 Å². The molecule has 20 heavy (non-hydrogen) atoms. The average Bonchev–Trinajstić information content (AvgIpc) is 2.71. The van der Waals surface area contributed by atoms with E-state index in [-0.39, 0.29) is 12.4 Å². The van der Waals surface area contributed by atoms with Gasteiger partial charge in [-0.15, -0.1) is 0 Å². The molecule has 0 spiro atoms. The molecule has 0 atom stereocenters. The van der Waals surface area contributed by atoms with Crippen LogP contribution in [0.4, 0.5) is 4.39 Å². The lowest BCUT2D eigenvalue weighted by Gasteiger charge is -2.10. The molecule has 2 rings (SSSR count). The van der Waals surface area contributed by atoms with Crippen molar-refractivity contribution in [2.75, 3.05) is 0 Å². The van der Waals surface area contributed by atoms with Gasteiger partial charge in [0.15, 0.2) is 0 Å². The Morgan fingerprint density at radius 3 is 2.80 bits per heavy atom. The van der Waals surface area contributed by atoms with Crippen LogP contribution in [0.1, 0.15) is 23.9 Å². The minimum atomic E-state index is -0.345.